The van der Waals surface area contributed by atoms with Gasteiger partial charge in [-0.15, -0.1) is 0 Å². The number of aryl methyl sites for hydroxylation is 1. The summed E-state index contributed by atoms with van der Waals surface area (Å²) in [6.45, 7) is 12.5. The number of phenolic OH excluding ortho intramolecular Hbond substituents is 2. The average molecular weight is 1230 g/mol. The fourth-order valence-corrected chi connectivity index (χ4v) is 9.95. The lowest BCUT2D eigenvalue weighted by molar-refractivity contribution is -0.170. The van der Waals surface area contributed by atoms with E-state index in [0.717, 1.165) is 15.4 Å². The third-order valence-electron chi connectivity index (χ3n) is 14.4. The number of nitrogens with one attached hydrogen (secondary N) is 7. The number of hydrogen-bond donors (Lipinski definition) is 13. The van der Waals surface area contributed by atoms with Crippen molar-refractivity contribution in [3.63, 3.8) is 0 Å². The number of hydrogen-bond acceptors (Lipinski definition) is 17. The third-order valence-corrected chi connectivity index (χ3v) is 15.0. The number of rotatable bonds is 20. The number of nitrogens with zero attached hydrogens (tertiary/aromatic N) is 2. The Morgan fingerprint density at radius 3 is 1.99 bits per heavy atom. The van der Waals surface area contributed by atoms with Gasteiger partial charge in [-0.3, -0.25) is 43.2 Å². The van der Waals surface area contributed by atoms with Crippen LogP contribution in [0.1, 0.15) is 106 Å². The van der Waals surface area contributed by atoms with Gasteiger partial charge in [-0.2, -0.15) is 0 Å². The number of amides is 9. The van der Waals surface area contributed by atoms with Gasteiger partial charge in [0, 0.05) is 13.5 Å². The van der Waals surface area contributed by atoms with Gasteiger partial charge in [-0.25, -0.2) is 4.79 Å². The molecule has 83 heavy (non-hydrogen) atoms. The Hall–Kier alpha value is -6.94. The molecule has 2 fully saturated rings. The van der Waals surface area contributed by atoms with Crippen molar-refractivity contribution < 1.29 is 83.3 Å². The van der Waals surface area contributed by atoms with E-state index in [2.05, 4.69) is 53.1 Å². The molecule has 2 bridgehead atoms. The molecule has 27 heteroatoms. The first-order valence-corrected chi connectivity index (χ1v) is 28.5. The Bertz CT molecular complexity index is 2640. The van der Waals surface area contributed by atoms with Crippen molar-refractivity contribution in [1.29, 1.82) is 0 Å². The molecule has 2 saturated heterocycles. The number of aromatic hydroxyl groups is 2. The molecule has 460 valence electrons. The van der Waals surface area contributed by atoms with E-state index in [-0.39, 0.29) is 54.0 Å². The van der Waals surface area contributed by atoms with E-state index >= 15 is 0 Å². The summed E-state index contributed by atoms with van der Waals surface area (Å²) < 4.78 is 6.14. The molecule has 2 aromatic carbocycles. The van der Waals surface area contributed by atoms with Crippen LogP contribution in [0.15, 0.2) is 46.9 Å². The van der Waals surface area contributed by atoms with Crippen LogP contribution in [0, 0.1) is 17.8 Å². The maximum Gasteiger partial charge on any atom is 0.329 e. The lowest BCUT2D eigenvalue weighted by Crippen LogP contribution is -2.67. The second-order valence-electron chi connectivity index (χ2n) is 22.3. The van der Waals surface area contributed by atoms with E-state index in [4.69, 9.17) is 4.74 Å². The number of carbonyl (C=O) groups is 10. The molecule has 2 aliphatic rings. The minimum atomic E-state index is -1.86. The van der Waals surface area contributed by atoms with Gasteiger partial charge < -0.3 is 82.4 Å². The number of ether oxygens (including phenoxy) is 1. The smallest absolute Gasteiger partial charge is 0.329 e. The summed E-state index contributed by atoms with van der Waals surface area (Å²) >= 11 is 3.25. The molecule has 26 nitrogen and oxygen atoms in total. The van der Waals surface area contributed by atoms with Crippen molar-refractivity contribution in [1.82, 2.24) is 47.0 Å². The number of halogens is 1. The van der Waals surface area contributed by atoms with Crippen molar-refractivity contribution in [2.24, 2.45) is 17.8 Å². The Labute approximate surface area is 490 Å². The van der Waals surface area contributed by atoms with E-state index in [1.165, 1.54) is 58.2 Å². The molecular weight excluding hydrogens is 1150 g/mol. The normalized spacial score (nSPS) is 24.2. The van der Waals surface area contributed by atoms with Gasteiger partial charge >= 0.3 is 5.97 Å². The first-order chi connectivity index (χ1) is 38.9. The van der Waals surface area contributed by atoms with Crippen LogP contribution in [-0.4, -0.2) is 192 Å². The molecule has 2 aliphatic heterocycles. The molecule has 2 heterocycles. The number of aliphatic hydroxyl groups excluding tert-OH is 4. The van der Waals surface area contributed by atoms with Crippen LogP contribution in [0.2, 0.25) is 0 Å². The van der Waals surface area contributed by atoms with Gasteiger partial charge in [0.25, 0.3) is 5.91 Å². The summed E-state index contributed by atoms with van der Waals surface area (Å²) in [5, 5.41) is 79.7. The predicted molar refractivity (Wildman–Crippen MR) is 302 cm³/mol. The minimum absolute atomic E-state index is 0.00216. The quantitative estimate of drug-likeness (QED) is 0.0708. The molecule has 0 spiro atoms. The average Bonchev–Trinajstić information content (AvgIpc) is 3.51. The number of likely N-dealkylation sites (N-methyl/N-ethyl adjacent to an activating group) is 1. The SMILES string of the molecule is CC(C)CC1NC(=O)C(NC(=O)[C@@H](NC(=O)[C@H](C)NC(=O)[C@H](CCCc2ccc(O)cc2)NC(=O)[C@H](O)CO)C(C)C)[C@H](C)OC(=O)[C@H](C(C)C)NC(=O)[C@H](Cc2ccc(O)c(Br)c2)N(C)C(=O)[C@@H]([C@@H](C)O)N2C(=O)[C@H](CC[C@H]2O)NC1=O. The number of phenols is 2. The van der Waals surface area contributed by atoms with E-state index in [1.807, 2.05) is 0 Å². The van der Waals surface area contributed by atoms with Crippen LogP contribution in [0.4, 0.5) is 0 Å². The second-order valence-corrected chi connectivity index (χ2v) is 23.2. The standard InChI is InChI=1S/C56H82BrN9O17/c1-26(2)22-38-49(75)60-37-19-21-42(72)66(54(37)80)46(30(8)68)55(81)65(10)39(24-33-16-20-40(70)35(57)23-33)50(76)63-44(28(5)6)56(82)83-31(9)45(53(79)61-38)64-52(78)43(27(3)4)62-47(73)29(7)58-48(74)36(59-51(77)41(71)25-67)13-11-12-32-14-17-34(69)18-15-32/h14-18,20,23,26-31,36-39,41-46,67-72H,11-13,19,21-22,24-25H2,1-10H3,(H,58,74)(H,59,77)(H,60,75)(H,61,79)(H,62,73)(H,63,76)(H,64,78)/t29-,30+,31-,36-,37-,38?,39-,41+,42+,43-,44-,45?,46+/m0/s1. The monoisotopic (exact) mass is 1230 g/mol. The van der Waals surface area contributed by atoms with E-state index in [9.17, 15) is 78.6 Å². The lowest BCUT2D eigenvalue weighted by atomic mass is 9.96. The number of piperidine rings is 1. The summed E-state index contributed by atoms with van der Waals surface area (Å²) in [6.07, 6.45) is -6.75. The third kappa shape index (κ3) is 19.0. The van der Waals surface area contributed by atoms with Crippen LogP contribution in [-0.2, 0) is 65.5 Å². The van der Waals surface area contributed by atoms with Crippen LogP contribution in [0.3, 0.4) is 0 Å². The number of benzene rings is 2. The first kappa shape index (κ1) is 68.6. The van der Waals surface area contributed by atoms with Crippen molar-refractivity contribution in [2.45, 2.75) is 186 Å². The molecule has 0 radical (unpaired) electrons. The maximum absolute atomic E-state index is 14.7. The van der Waals surface area contributed by atoms with Gasteiger partial charge in [-0.05, 0) is 128 Å². The van der Waals surface area contributed by atoms with Crippen LogP contribution < -0.4 is 37.2 Å². The maximum atomic E-state index is 14.7. The molecule has 0 saturated carbocycles. The largest absolute Gasteiger partial charge is 0.508 e. The molecule has 0 aliphatic carbocycles. The van der Waals surface area contributed by atoms with Crippen LogP contribution in [0.25, 0.3) is 0 Å². The number of cyclic esters (lactones) is 1. The highest BCUT2D eigenvalue weighted by Crippen LogP contribution is 2.28. The highest BCUT2D eigenvalue weighted by Gasteiger charge is 2.47. The summed E-state index contributed by atoms with van der Waals surface area (Å²) in [6, 6.07) is -3.15. The molecule has 4 rings (SSSR count). The van der Waals surface area contributed by atoms with Crippen molar-refractivity contribution in [3.8, 4) is 11.5 Å². The predicted octanol–water partition coefficient (Wildman–Crippen LogP) is -0.987. The van der Waals surface area contributed by atoms with Crippen molar-refractivity contribution >= 4 is 75.1 Å². The van der Waals surface area contributed by atoms with Crippen molar-refractivity contribution in [3.05, 3.63) is 58.1 Å². The fourth-order valence-electron chi connectivity index (χ4n) is 9.52. The Morgan fingerprint density at radius 1 is 0.771 bits per heavy atom. The Morgan fingerprint density at radius 2 is 1.41 bits per heavy atom. The topological polar surface area (TPSA) is 392 Å². The molecular formula is C56H82BrN9O17. The van der Waals surface area contributed by atoms with Crippen LogP contribution in [0.5, 0.6) is 11.5 Å². The summed E-state index contributed by atoms with van der Waals surface area (Å²) in [4.78, 5) is 144. The van der Waals surface area contributed by atoms with E-state index < -0.39 is 156 Å². The first-order valence-electron chi connectivity index (χ1n) is 27.7. The molecule has 0 aromatic heterocycles. The molecule has 13 atom stereocenters. The highest BCUT2D eigenvalue weighted by atomic mass is 79.9. The Balaban J connectivity index is 1.72. The summed E-state index contributed by atoms with van der Waals surface area (Å²) in [5.41, 5.74) is 1.20. The molecule has 13 N–H and O–H groups in total. The van der Waals surface area contributed by atoms with Gasteiger partial charge in [0.2, 0.25) is 47.3 Å². The number of esters is 1. The van der Waals surface area contributed by atoms with E-state index in [0.29, 0.717) is 18.4 Å². The van der Waals surface area contributed by atoms with Crippen LogP contribution >= 0.6 is 15.9 Å². The summed E-state index contributed by atoms with van der Waals surface area (Å²) in [7, 11) is 1.23. The fraction of sp³-hybridized carbons (Fsp3) is 0.607. The zero-order valence-electron chi connectivity index (χ0n) is 48.4. The minimum Gasteiger partial charge on any atom is -0.508 e. The van der Waals surface area contributed by atoms with E-state index in [1.54, 1.807) is 53.7 Å². The highest BCUT2D eigenvalue weighted by molar-refractivity contribution is 9.10. The zero-order chi connectivity index (χ0) is 62.3. The summed E-state index contributed by atoms with van der Waals surface area (Å²) in [5.74, 6) is -11.7. The Kier molecular flexibility index (Phi) is 25.7. The molecule has 2 aromatic rings. The molecule has 2 unspecified atom stereocenters. The number of aliphatic hydroxyl groups is 4. The van der Waals surface area contributed by atoms with Crippen molar-refractivity contribution in [2.75, 3.05) is 13.7 Å². The van der Waals surface area contributed by atoms with Gasteiger partial charge in [0.15, 0.2) is 6.10 Å². The molecule has 9 amide bonds. The second kappa shape index (κ2) is 31.1. The van der Waals surface area contributed by atoms with Gasteiger partial charge in [-0.1, -0.05) is 59.7 Å². The lowest BCUT2D eigenvalue weighted by Gasteiger charge is -2.43. The number of fused-ring (bicyclic) bond motifs is 2. The van der Waals surface area contributed by atoms with Gasteiger partial charge in [0.1, 0.15) is 78.2 Å². The zero-order valence-corrected chi connectivity index (χ0v) is 50.0. The number of carbonyl (C=O) groups excluding carboxylic acids is 10. The van der Waals surface area contributed by atoms with Gasteiger partial charge in [0.05, 0.1) is 17.2 Å².